The molecule has 0 amide bonds. The van der Waals surface area contributed by atoms with Crippen LogP contribution in [0.15, 0.2) is 0 Å². The van der Waals surface area contributed by atoms with Crippen molar-refractivity contribution in [2.45, 2.75) is 184 Å². The lowest BCUT2D eigenvalue weighted by Crippen LogP contribution is -2.69. The van der Waals surface area contributed by atoms with Gasteiger partial charge in [-0.3, -0.25) is 0 Å². The smallest absolute Gasteiger partial charge is 0.187 e. The first-order chi connectivity index (χ1) is 32.0. The summed E-state index contributed by atoms with van der Waals surface area (Å²) in [7, 11) is 0. The molecule has 0 aromatic heterocycles. The molecular formula is C36H59IO30. The second kappa shape index (κ2) is 23.2. The molecule has 31 heteroatoms. The highest BCUT2D eigenvalue weighted by Crippen LogP contribution is 2.38. The summed E-state index contributed by atoms with van der Waals surface area (Å²) in [5.74, 6) is 0. The zero-order chi connectivity index (χ0) is 48.8. The van der Waals surface area contributed by atoms with Gasteiger partial charge in [0, 0.05) is 0 Å². The lowest BCUT2D eigenvalue weighted by Gasteiger charge is -2.50. The van der Waals surface area contributed by atoms with Gasteiger partial charge in [-0.15, -0.1) is 0 Å². The molecule has 0 unspecified atom stereocenters. The molecule has 67 heavy (non-hydrogen) atoms. The quantitative estimate of drug-likeness (QED) is 0.105. The van der Waals surface area contributed by atoms with Crippen molar-refractivity contribution in [2.24, 2.45) is 0 Å². The van der Waals surface area contributed by atoms with Crippen LogP contribution in [0, 0.1) is 0 Å². The van der Waals surface area contributed by atoms with E-state index in [0.29, 0.717) is 0 Å². The molecule has 22 aliphatic heterocycles. The highest BCUT2D eigenvalue weighted by Gasteiger charge is 2.59. The molecule has 22 saturated heterocycles. The fourth-order valence-electron chi connectivity index (χ4n) is 9.01. The lowest BCUT2D eigenvalue weighted by atomic mass is 9.94. The van der Waals surface area contributed by atoms with E-state index in [-0.39, 0.29) is 0 Å². The van der Waals surface area contributed by atoms with Crippen LogP contribution in [0.5, 0.6) is 0 Å². The number of hydrogen-bond acceptors (Lipinski definition) is 30. The van der Waals surface area contributed by atoms with Crippen LogP contribution in [0.1, 0.15) is 0 Å². The van der Waals surface area contributed by atoms with Gasteiger partial charge in [0.05, 0.1) is 39.6 Å². The molecule has 0 aliphatic carbocycles. The Balaban J connectivity index is 1.20. The van der Waals surface area contributed by atoms with E-state index in [1.165, 1.54) is 23.0 Å². The van der Waals surface area contributed by atoms with Crippen LogP contribution in [0.4, 0.5) is 0 Å². The molecule has 0 aromatic rings. The minimum atomic E-state index is -2.14. The van der Waals surface area contributed by atoms with Gasteiger partial charge in [-0.05, 0) is 0 Å². The van der Waals surface area contributed by atoms with Gasteiger partial charge in [-0.2, -0.15) is 0 Å². The second-order valence-corrected chi connectivity index (χ2v) is 17.4. The van der Waals surface area contributed by atoms with Gasteiger partial charge in [0.2, 0.25) is 0 Å². The molecule has 12 bridgehead atoms. The van der Waals surface area contributed by atoms with Gasteiger partial charge < -0.3 is 147 Å². The van der Waals surface area contributed by atoms with Crippen LogP contribution in [-0.2, 0) is 59.9 Å². The van der Waals surface area contributed by atoms with Crippen molar-refractivity contribution in [3.8, 4) is 0 Å². The van der Waals surface area contributed by atoms with E-state index in [4.69, 9.17) is 59.9 Å². The highest BCUT2D eigenvalue weighted by molar-refractivity contribution is 14.1. The van der Waals surface area contributed by atoms with Crippen molar-refractivity contribution in [1.82, 2.24) is 0 Å². The monoisotopic (exact) mass is 1100 g/mol. The third kappa shape index (κ3) is 10.7. The Morgan fingerprint density at radius 2 is 0.433 bits per heavy atom. The summed E-state index contributed by atoms with van der Waals surface area (Å²) < 4.78 is 74.1. The topological polar surface area (TPSA) is 464 Å². The minimum Gasteiger partial charge on any atom is -0.394 e. The van der Waals surface area contributed by atoms with Crippen LogP contribution in [0.25, 0.3) is 0 Å². The average molecular weight is 1100 g/mol. The molecule has 0 radical (unpaired) electrons. The van der Waals surface area contributed by atoms with Crippen LogP contribution < -0.4 is 0 Å². The van der Waals surface area contributed by atoms with E-state index < -0.39 is 224 Å². The molecule has 17 N–H and O–H groups in total. The van der Waals surface area contributed by atoms with Gasteiger partial charge in [0.1, 0.15) is 170 Å². The maximum Gasteiger partial charge on any atom is 0.187 e. The maximum absolute atomic E-state index is 11.4. The Kier molecular flexibility index (Phi) is 18.8. The molecule has 22 rings (SSSR count). The first kappa shape index (κ1) is 54.3. The van der Waals surface area contributed by atoms with Crippen LogP contribution in [0.3, 0.4) is 0 Å². The predicted octanol–water partition coefficient (Wildman–Crippen LogP) is -11.7. The van der Waals surface area contributed by atoms with Crippen molar-refractivity contribution in [3.05, 3.63) is 0 Å². The molecule has 30 atom stereocenters. The van der Waals surface area contributed by atoms with E-state index >= 15 is 0 Å². The van der Waals surface area contributed by atoms with E-state index in [1.807, 2.05) is 0 Å². The Morgan fingerprint density at radius 1 is 0.254 bits per heavy atom. The van der Waals surface area contributed by atoms with Crippen molar-refractivity contribution >= 4 is 23.0 Å². The van der Waals surface area contributed by atoms with Gasteiger partial charge in [0.15, 0.2) is 37.7 Å². The van der Waals surface area contributed by atoms with Crippen molar-refractivity contribution in [2.75, 3.05) is 39.6 Å². The summed E-state index contributed by atoms with van der Waals surface area (Å²) in [5.41, 5.74) is 0. The summed E-state index contributed by atoms with van der Waals surface area (Å²) in [4.78, 5) is 0. The molecule has 22 aliphatic rings. The standard InChI is InChI=1S/C36H59IO30/c37-67-30-23(54)36-60-12(6-43)29(30)66-35-22(53)17(48)27(10(4-41)59-35)64-33-20(51)15(46)25(8(2-39)57-33)62-31-18(49)13(44)24(7(1-38)55-31)61-32-19(50)14(45)26(9(3-40)56-32)63-34-21(52)16(47)28(65-36)11(5-42)58-34/h7-36,38-54H,1-6H2/t7-,8-,9-,10-,11-,12-,13-,14-,15-,16-,17-,18-,19-,20-,21-,22-,23-,24-,25-,26-,27-,28-,29+,30-,31-,32-,33-,34-,35-,36-/m1/s1. The van der Waals surface area contributed by atoms with E-state index in [9.17, 15) is 86.8 Å². The van der Waals surface area contributed by atoms with Crippen molar-refractivity contribution < 1.29 is 147 Å². The summed E-state index contributed by atoms with van der Waals surface area (Å²) in [5, 5.41) is 186. The average Bonchev–Trinajstić information content (AvgIpc) is 3.32. The van der Waals surface area contributed by atoms with Gasteiger partial charge in [-0.1, -0.05) is 0 Å². The van der Waals surface area contributed by atoms with Gasteiger partial charge in [0.25, 0.3) is 0 Å². The molecule has 0 saturated carbocycles. The molecule has 0 spiro atoms. The summed E-state index contributed by atoms with van der Waals surface area (Å²) in [6.45, 7) is -5.82. The Hall–Kier alpha value is -0.470. The molecule has 0 aromatic carbocycles. The Morgan fingerprint density at radius 3 is 0.627 bits per heavy atom. The van der Waals surface area contributed by atoms with Gasteiger partial charge >= 0.3 is 0 Å². The predicted molar refractivity (Wildman–Crippen MR) is 209 cm³/mol. The number of ether oxygens (including phenoxy) is 12. The Labute approximate surface area is 392 Å². The van der Waals surface area contributed by atoms with Crippen molar-refractivity contribution in [3.63, 3.8) is 0 Å². The van der Waals surface area contributed by atoms with Crippen LogP contribution in [-0.4, -0.2) is 311 Å². The molecule has 390 valence electrons. The fourth-order valence-corrected chi connectivity index (χ4v) is 9.60. The SMILES string of the molecule is OC[C@H]1O[C@@H]2O[C@H]3[C@H](O)[C@@H](O)[C@@H](O[C@H]4[C@H](O)[C@@H](O)[C@@H](O[C@H]5[C@H](O)[C@@H](O)[C@@H](O[C@H]6[C@H](O)[C@@H](O)[C@@H](O[C@H]7[C@H](O)[C@@H](O)[C@@H](O[C@@H]1[C@H](OI)[C@H]2O)O[C@@H]7CO)O[C@@H]6CO)O[C@@H]5CO)O[C@@H]4CO)O[C@@H]3CO. The van der Waals surface area contributed by atoms with E-state index in [2.05, 4.69) is 0 Å². The maximum atomic E-state index is 11.4. The normalized spacial score (nSPS) is 54.7. The third-order valence-corrected chi connectivity index (χ3v) is 13.3. The first-order valence-corrected chi connectivity index (χ1v) is 22.1. The summed E-state index contributed by atoms with van der Waals surface area (Å²) in [6.07, 6.45) is -56.6. The van der Waals surface area contributed by atoms with Crippen molar-refractivity contribution in [1.29, 1.82) is 0 Å². The highest BCUT2D eigenvalue weighted by atomic mass is 127. The van der Waals surface area contributed by atoms with Crippen LogP contribution >= 0.6 is 23.0 Å². The zero-order valence-electron chi connectivity index (χ0n) is 34.9. The number of hydrogen-bond donors (Lipinski definition) is 17. The molecular weight excluding hydrogens is 1040 g/mol. The summed E-state index contributed by atoms with van der Waals surface area (Å²) in [6, 6.07) is 0. The minimum absolute atomic E-state index is 0.916. The van der Waals surface area contributed by atoms with Crippen LogP contribution in [0.2, 0.25) is 0 Å². The third-order valence-electron chi connectivity index (χ3n) is 12.7. The zero-order valence-corrected chi connectivity index (χ0v) is 37.0. The number of aliphatic hydroxyl groups excluding tert-OH is 17. The summed E-state index contributed by atoms with van der Waals surface area (Å²) >= 11 is 1.37. The first-order valence-electron chi connectivity index (χ1n) is 21.2. The lowest BCUT2D eigenvalue weighted by molar-refractivity contribution is -0.403. The fraction of sp³-hybridized carbons (Fsp3) is 1.00. The molecule has 22 heterocycles. The number of halogens is 1. The second-order valence-electron chi connectivity index (χ2n) is 16.9. The largest absolute Gasteiger partial charge is 0.394 e. The van der Waals surface area contributed by atoms with E-state index in [1.54, 1.807) is 0 Å². The molecule has 30 nitrogen and oxygen atoms in total. The number of aliphatic hydroxyl groups is 17. The van der Waals surface area contributed by atoms with Gasteiger partial charge in [-0.25, -0.2) is 0 Å². The van der Waals surface area contributed by atoms with E-state index in [0.717, 1.165) is 0 Å². The Bertz CT molecular complexity index is 1530. The number of rotatable bonds is 7. The molecule has 22 fully saturated rings.